The fourth-order valence-electron chi connectivity index (χ4n) is 2.69. The monoisotopic (exact) mass is 285 g/mol. The predicted molar refractivity (Wildman–Crippen MR) is 86.1 cm³/mol. The lowest BCUT2D eigenvalue weighted by atomic mass is 9.97. The summed E-state index contributed by atoms with van der Waals surface area (Å²) in [5.41, 5.74) is 2.75. The quantitative estimate of drug-likeness (QED) is 0.778. The van der Waals surface area contributed by atoms with E-state index >= 15 is 0 Å². The highest BCUT2D eigenvalue weighted by Crippen LogP contribution is 2.36. The molecule has 1 atom stereocenters. The normalized spacial score (nSPS) is 18.0. The van der Waals surface area contributed by atoms with Crippen LogP contribution >= 0.6 is 0 Å². The molecule has 21 heavy (non-hydrogen) atoms. The maximum Gasteiger partial charge on any atom is 0.168 e. The first-order valence-electron chi connectivity index (χ1n) is 7.50. The summed E-state index contributed by atoms with van der Waals surface area (Å²) < 4.78 is 5.66. The number of carbonyl (C=O) groups excluding carboxylic acids is 1. The standard InChI is InChI=1S/C18H23NO2/c1-4-7-14-12-16(19-3)17(18(14)20)13-8-6-9-15(11-13)21-10-5-2/h4,6,8-9,11,14,19H,1,5,7,10,12H2,2-3H3. The molecule has 0 aromatic heterocycles. The zero-order chi connectivity index (χ0) is 15.2. The largest absolute Gasteiger partial charge is 0.494 e. The Hall–Kier alpha value is -2.03. The SMILES string of the molecule is C=CCC1CC(NC)=C(c2cccc(OCCC)c2)C1=O. The fraction of sp³-hybridized carbons (Fsp3) is 0.389. The third kappa shape index (κ3) is 3.35. The van der Waals surface area contributed by atoms with E-state index in [-0.39, 0.29) is 11.7 Å². The summed E-state index contributed by atoms with van der Waals surface area (Å²) in [5.74, 6) is 1.03. The van der Waals surface area contributed by atoms with Gasteiger partial charge in [-0.2, -0.15) is 0 Å². The van der Waals surface area contributed by atoms with Crippen molar-refractivity contribution in [3.63, 3.8) is 0 Å². The lowest BCUT2D eigenvalue weighted by molar-refractivity contribution is -0.116. The van der Waals surface area contributed by atoms with E-state index in [0.29, 0.717) is 6.61 Å². The molecule has 3 nitrogen and oxygen atoms in total. The van der Waals surface area contributed by atoms with Gasteiger partial charge in [-0.25, -0.2) is 0 Å². The Morgan fingerprint density at radius 1 is 1.48 bits per heavy atom. The van der Waals surface area contributed by atoms with E-state index in [1.54, 1.807) is 0 Å². The van der Waals surface area contributed by atoms with Crippen LogP contribution in [0.1, 0.15) is 31.7 Å². The highest BCUT2D eigenvalue weighted by Gasteiger charge is 2.32. The van der Waals surface area contributed by atoms with Crippen LogP contribution in [0.2, 0.25) is 0 Å². The zero-order valence-electron chi connectivity index (χ0n) is 12.8. The molecule has 0 radical (unpaired) electrons. The van der Waals surface area contributed by atoms with Gasteiger partial charge in [-0.1, -0.05) is 25.1 Å². The van der Waals surface area contributed by atoms with Gasteiger partial charge in [0.05, 0.1) is 6.61 Å². The van der Waals surface area contributed by atoms with Crippen LogP contribution in [-0.2, 0) is 4.79 Å². The molecule has 1 aliphatic rings. The van der Waals surface area contributed by atoms with Crippen molar-refractivity contribution in [2.45, 2.75) is 26.2 Å². The summed E-state index contributed by atoms with van der Waals surface area (Å²) in [4.78, 5) is 12.6. The van der Waals surface area contributed by atoms with Crippen LogP contribution in [-0.4, -0.2) is 19.4 Å². The topological polar surface area (TPSA) is 38.3 Å². The van der Waals surface area contributed by atoms with Gasteiger partial charge >= 0.3 is 0 Å². The molecule has 0 saturated carbocycles. The lowest BCUT2D eigenvalue weighted by Gasteiger charge is -2.09. The Labute approximate surface area is 126 Å². The average molecular weight is 285 g/mol. The average Bonchev–Trinajstić information content (AvgIpc) is 2.82. The van der Waals surface area contributed by atoms with E-state index in [2.05, 4.69) is 18.8 Å². The Balaban J connectivity index is 2.30. The first-order valence-corrected chi connectivity index (χ1v) is 7.50. The molecule has 1 unspecified atom stereocenters. The molecule has 3 heteroatoms. The molecule has 0 heterocycles. The number of benzene rings is 1. The summed E-state index contributed by atoms with van der Waals surface area (Å²) in [6.07, 6.45) is 4.27. The van der Waals surface area contributed by atoms with Crippen molar-refractivity contribution in [3.05, 3.63) is 48.2 Å². The van der Waals surface area contributed by atoms with Crippen LogP contribution in [0.15, 0.2) is 42.6 Å². The van der Waals surface area contributed by atoms with Crippen molar-refractivity contribution < 1.29 is 9.53 Å². The number of ketones is 1. The molecule has 0 saturated heterocycles. The molecule has 0 bridgehead atoms. The van der Waals surface area contributed by atoms with Crippen molar-refractivity contribution in [1.29, 1.82) is 0 Å². The van der Waals surface area contributed by atoms with Gasteiger partial charge in [-0.05, 0) is 37.0 Å². The number of carbonyl (C=O) groups is 1. The number of rotatable bonds is 7. The number of allylic oxidation sites excluding steroid dienone is 3. The van der Waals surface area contributed by atoms with Crippen LogP contribution in [0.25, 0.3) is 5.57 Å². The first-order chi connectivity index (χ1) is 10.2. The number of ether oxygens (including phenoxy) is 1. The van der Waals surface area contributed by atoms with Crippen molar-refractivity contribution in [3.8, 4) is 5.75 Å². The van der Waals surface area contributed by atoms with Gasteiger partial charge in [-0.3, -0.25) is 4.79 Å². The van der Waals surface area contributed by atoms with Gasteiger partial charge < -0.3 is 10.1 Å². The second-order valence-electron chi connectivity index (χ2n) is 5.27. The van der Waals surface area contributed by atoms with Gasteiger partial charge in [0.2, 0.25) is 0 Å². The van der Waals surface area contributed by atoms with Crippen LogP contribution < -0.4 is 10.1 Å². The summed E-state index contributed by atoms with van der Waals surface area (Å²) in [6, 6.07) is 7.80. The van der Waals surface area contributed by atoms with E-state index in [0.717, 1.165) is 41.8 Å². The zero-order valence-corrected chi connectivity index (χ0v) is 12.8. The van der Waals surface area contributed by atoms with E-state index in [9.17, 15) is 4.79 Å². The Morgan fingerprint density at radius 3 is 2.95 bits per heavy atom. The van der Waals surface area contributed by atoms with Gasteiger partial charge in [0.15, 0.2) is 5.78 Å². The molecule has 0 fully saturated rings. The third-order valence-electron chi connectivity index (χ3n) is 3.72. The van der Waals surface area contributed by atoms with Crippen LogP contribution in [0.4, 0.5) is 0 Å². The van der Waals surface area contributed by atoms with E-state index in [1.807, 2.05) is 37.4 Å². The van der Waals surface area contributed by atoms with E-state index < -0.39 is 0 Å². The predicted octanol–water partition coefficient (Wildman–Crippen LogP) is 3.57. The van der Waals surface area contributed by atoms with E-state index in [4.69, 9.17) is 4.74 Å². The summed E-state index contributed by atoms with van der Waals surface area (Å²) in [6.45, 7) is 6.51. The molecular formula is C18H23NO2. The highest BCUT2D eigenvalue weighted by molar-refractivity contribution is 6.24. The molecule has 0 amide bonds. The van der Waals surface area contributed by atoms with E-state index in [1.165, 1.54) is 0 Å². The molecule has 112 valence electrons. The van der Waals surface area contributed by atoms with Gasteiger partial charge in [0.1, 0.15) is 5.75 Å². The van der Waals surface area contributed by atoms with Crippen LogP contribution in [0.5, 0.6) is 5.75 Å². The molecule has 1 aromatic rings. The third-order valence-corrected chi connectivity index (χ3v) is 3.72. The molecule has 1 aromatic carbocycles. The fourth-order valence-corrected chi connectivity index (χ4v) is 2.69. The molecule has 1 N–H and O–H groups in total. The maximum absolute atomic E-state index is 12.6. The summed E-state index contributed by atoms with van der Waals surface area (Å²) >= 11 is 0. The minimum Gasteiger partial charge on any atom is -0.494 e. The van der Waals surface area contributed by atoms with Gasteiger partial charge in [-0.15, -0.1) is 6.58 Å². The highest BCUT2D eigenvalue weighted by atomic mass is 16.5. The Kier molecular flexibility index (Phi) is 5.20. The van der Waals surface area contributed by atoms with Crippen molar-refractivity contribution in [2.75, 3.05) is 13.7 Å². The number of hydrogen-bond acceptors (Lipinski definition) is 3. The second kappa shape index (κ2) is 7.11. The molecule has 0 aliphatic heterocycles. The number of nitrogens with one attached hydrogen (secondary N) is 1. The number of hydrogen-bond donors (Lipinski definition) is 1. The lowest BCUT2D eigenvalue weighted by Crippen LogP contribution is -2.08. The maximum atomic E-state index is 12.6. The minimum absolute atomic E-state index is 0.0140. The van der Waals surface area contributed by atoms with Crippen molar-refractivity contribution in [1.82, 2.24) is 5.32 Å². The van der Waals surface area contributed by atoms with Crippen molar-refractivity contribution >= 4 is 11.4 Å². The minimum atomic E-state index is 0.0140. The first kappa shape index (κ1) is 15.4. The molecule has 0 spiro atoms. The second-order valence-corrected chi connectivity index (χ2v) is 5.27. The summed E-state index contributed by atoms with van der Waals surface area (Å²) in [5, 5.41) is 3.18. The van der Waals surface area contributed by atoms with Gasteiger partial charge in [0, 0.05) is 24.2 Å². The number of Topliss-reactive ketones (excluding diaryl/α,β-unsaturated/α-hetero) is 1. The van der Waals surface area contributed by atoms with Crippen LogP contribution in [0.3, 0.4) is 0 Å². The molecular weight excluding hydrogens is 262 g/mol. The Bertz CT molecular complexity index is 560. The van der Waals surface area contributed by atoms with Crippen molar-refractivity contribution in [2.24, 2.45) is 5.92 Å². The smallest absolute Gasteiger partial charge is 0.168 e. The Morgan fingerprint density at radius 2 is 2.29 bits per heavy atom. The van der Waals surface area contributed by atoms with Crippen LogP contribution in [0, 0.1) is 5.92 Å². The molecule has 1 aliphatic carbocycles. The molecule has 2 rings (SSSR count). The van der Waals surface area contributed by atoms with Gasteiger partial charge in [0.25, 0.3) is 0 Å². The summed E-state index contributed by atoms with van der Waals surface area (Å²) in [7, 11) is 1.87.